The lowest BCUT2D eigenvalue weighted by molar-refractivity contribution is 0.0950. The van der Waals surface area contributed by atoms with Gasteiger partial charge in [-0.3, -0.25) is 9.78 Å². The molecule has 10 heteroatoms. The highest BCUT2D eigenvalue weighted by Gasteiger charge is 2.24. The second kappa shape index (κ2) is 9.68. The van der Waals surface area contributed by atoms with Crippen molar-refractivity contribution in [1.82, 2.24) is 10.3 Å². The van der Waals surface area contributed by atoms with Crippen molar-refractivity contribution in [2.24, 2.45) is 0 Å². The first-order valence-corrected chi connectivity index (χ1v) is 11.7. The molecule has 164 valence electrons. The molecular formula is C22H19ClN4O4S. The zero-order valence-corrected chi connectivity index (χ0v) is 18.5. The minimum atomic E-state index is -3.59. The summed E-state index contributed by atoms with van der Waals surface area (Å²) >= 11 is 6.16. The number of nitrogens with one attached hydrogen (secondary N) is 2. The third kappa shape index (κ3) is 5.75. The maximum atomic E-state index is 12.6. The largest absolute Gasteiger partial charge is 0.508 e. The van der Waals surface area contributed by atoms with Crippen molar-refractivity contribution in [2.75, 3.05) is 11.6 Å². The van der Waals surface area contributed by atoms with Gasteiger partial charge in [-0.25, -0.2) is 8.42 Å². The maximum absolute atomic E-state index is 12.6. The number of phenolic OH excluding ortho intramolecular Hbond substituents is 1. The Morgan fingerprint density at radius 3 is 2.62 bits per heavy atom. The van der Waals surface area contributed by atoms with Gasteiger partial charge >= 0.3 is 0 Å². The highest BCUT2D eigenvalue weighted by atomic mass is 35.5. The molecule has 3 rings (SSSR count). The normalized spacial score (nSPS) is 11.9. The second-order valence-corrected chi connectivity index (χ2v) is 9.54. The van der Waals surface area contributed by atoms with Gasteiger partial charge < -0.3 is 15.7 Å². The van der Waals surface area contributed by atoms with Crippen LogP contribution in [0.4, 0.5) is 5.69 Å². The summed E-state index contributed by atoms with van der Waals surface area (Å²) in [5, 5.41) is 23.5. The van der Waals surface area contributed by atoms with E-state index in [9.17, 15) is 18.3 Å². The van der Waals surface area contributed by atoms with Gasteiger partial charge in [0.15, 0.2) is 15.2 Å². The van der Waals surface area contributed by atoms with E-state index in [0.717, 1.165) is 6.26 Å². The number of phenols is 1. The van der Waals surface area contributed by atoms with E-state index in [1.165, 1.54) is 36.5 Å². The van der Waals surface area contributed by atoms with E-state index in [1.807, 2.05) is 6.07 Å². The first-order valence-electron chi connectivity index (χ1n) is 9.34. The number of carbonyl (C=O) groups is 1. The molecule has 3 N–H and O–H groups in total. The minimum Gasteiger partial charge on any atom is -0.508 e. The third-order valence-corrected chi connectivity index (χ3v) is 5.93. The van der Waals surface area contributed by atoms with Crippen LogP contribution in [0.5, 0.6) is 5.75 Å². The van der Waals surface area contributed by atoms with Crippen LogP contribution in [0, 0.1) is 11.3 Å². The lowest BCUT2D eigenvalue weighted by Crippen LogP contribution is -2.24. The lowest BCUT2D eigenvalue weighted by atomic mass is 10.1. The number of benzene rings is 2. The Morgan fingerprint density at radius 1 is 1.22 bits per heavy atom. The van der Waals surface area contributed by atoms with Crippen LogP contribution in [-0.2, 0) is 16.4 Å². The van der Waals surface area contributed by atoms with Crippen LogP contribution in [0.25, 0.3) is 0 Å². The van der Waals surface area contributed by atoms with Gasteiger partial charge in [0.2, 0.25) is 0 Å². The molecule has 0 aliphatic carbocycles. The number of nitriles is 1. The van der Waals surface area contributed by atoms with Gasteiger partial charge in [0.25, 0.3) is 5.91 Å². The van der Waals surface area contributed by atoms with E-state index in [0.29, 0.717) is 22.5 Å². The maximum Gasteiger partial charge on any atom is 0.251 e. The number of halogens is 1. The van der Waals surface area contributed by atoms with Gasteiger partial charge in [0, 0.05) is 40.8 Å². The number of amides is 1. The van der Waals surface area contributed by atoms with Gasteiger partial charge in [-0.1, -0.05) is 23.7 Å². The Morgan fingerprint density at radius 2 is 2.00 bits per heavy atom. The van der Waals surface area contributed by atoms with Crippen LogP contribution in [-0.4, -0.2) is 30.7 Å². The summed E-state index contributed by atoms with van der Waals surface area (Å²) < 4.78 is 24.6. The summed E-state index contributed by atoms with van der Waals surface area (Å²) in [6, 6.07) is 15.7. The monoisotopic (exact) mass is 470 g/mol. The summed E-state index contributed by atoms with van der Waals surface area (Å²) in [6.45, 7) is 0.0194. The molecule has 0 aliphatic heterocycles. The molecule has 0 spiro atoms. The number of aromatic nitrogens is 1. The zero-order valence-electron chi connectivity index (χ0n) is 16.9. The Hall–Kier alpha value is -3.61. The fourth-order valence-corrected chi connectivity index (χ4v) is 4.11. The van der Waals surface area contributed by atoms with Gasteiger partial charge in [0.05, 0.1) is 17.3 Å². The molecule has 0 bridgehead atoms. The summed E-state index contributed by atoms with van der Waals surface area (Å²) in [4.78, 5) is 16.8. The number of hydrogen-bond acceptors (Lipinski definition) is 7. The number of rotatable bonds is 7. The average molecular weight is 471 g/mol. The molecule has 0 radical (unpaired) electrons. The van der Waals surface area contributed by atoms with Crippen molar-refractivity contribution in [1.29, 1.82) is 5.26 Å². The molecule has 1 unspecified atom stereocenters. The van der Waals surface area contributed by atoms with Crippen molar-refractivity contribution in [3.63, 3.8) is 0 Å². The standard InChI is InChI=1S/C22H19ClN4O4S/c1-32(30,31)22(19-4-2-3-7-25-19)27-18-10-16(9-17(23)11-18)21(29)26-13-15-6-5-14(12-24)8-20(15)28/h2-11,22,27-28H,13H2,1H3,(H,26,29). The number of hydrogen-bond donors (Lipinski definition) is 3. The number of pyridine rings is 1. The molecule has 1 atom stereocenters. The van der Waals surface area contributed by atoms with Crippen LogP contribution < -0.4 is 10.6 Å². The molecule has 0 saturated carbocycles. The SMILES string of the molecule is CS(=O)(=O)C(Nc1cc(Cl)cc(C(=O)NCc2ccc(C#N)cc2O)c1)c1ccccn1. The van der Waals surface area contributed by atoms with E-state index in [4.69, 9.17) is 16.9 Å². The number of carbonyl (C=O) groups excluding carboxylic acids is 1. The van der Waals surface area contributed by atoms with Crippen LogP contribution in [0.1, 0.15) is 32.6 Å². The molecule has 0 saturated heterocycles. The van der Waals surface area contributed by atoms with E-state index >= 15 is 0 Å². The topological polar surface area (TPSA) is 132 Å². The van der Waals surface area contributed by atoms with Crippen molar-refractivity contribution >= 4 is 33.0 Å². The molecule has 0 fully saturated rings. The highest BCUT2D eigenvalue weighted by Crippen LogP contribution is 2.26. The number of sulfone groups is 1. The van der Waals surface area contributed by atoms with Crippen LogP contribution >= 0.6 is 11.6 Å². The first-order chi connectivity index (χ1) is 15.2. The Kier molecular flexibility index (Phi) is 6.98. The van der Waals surface area contributed by atoms with E-state index in [2.05, 4.69) is 15.6 Å². The fraction of sp³-hybridized carbons (Fsp3) is 0.136. The second-order valence-electron chi connectivity index (χ2n) is 6.98. The minimum absolute atomic E-state index is 0.0194. The van der Waals surface area contributed by atoms with Crippen molar-refractivity contribution < 1.29 is 18.3 Å². The summed E-state index contributed by atoms with van der Waals surface area (Å²) in [5.41, 5.74) is 1.56. The Labute approximate surface area is 190 Å². The summed E-state index contributed by atoms with van der Waals surface area (Å²) in [7, 11) is -3.59. The molecule has 1 amide bonds. The van der Waals surface area contributed by atoms with Crippen molar-refractivity contribution in [3.05, 3.63) is 88.2 Å². The number of nitrogens with zero attached hydrogens (tertiary/aromatic N) is 2. The van der Waals surface area contributed by atoms with E-state index in [-0.39, 0.29) is 22.9 Å². The molecule has 32 heavy (non-hydrogen) atoms. The first kappa shape index (κ1) is 23.1. The Bertz CT molecular complexity index is 1290. The lowest BCUT2D eigenvalue weighted by Gasteiger charge is -2.18. The van der Waals surface area contributed by atoms with Gasteiger partial charge in [-0.2, -0.15) is 5.26 Å². The van der Waals surface area contributed by atoms with Crippen LogP contribution in [0.2, 0.25) is 5.02 Å². The predicted octanol–water partition coefficient (Wildman–Crippen LogP) is 3.40. The van der Waals surface area contributed by atoms with Crippen molar-refractivity contribution in [3.8, 4) is 11.8 Å². The Balaban J connectivity index is 1.80. The summed E-state index contributed by atoms with van der Waals surface area (Å²) in [6.07, 6.45) is 2.58. The molecule has 8 nitrogen and oxygen atoms in total. The van der Waals surface area contributed by atoms with Gasteiger partial charge in [-0.05, 0) is 42.5 Å². The summed E-state index contributed by atoms with van der Waals surface area (Å²) in [5.74, 6) is -0.586. The smallest absolute Gasteiger partial charge is 0.251 e. The fourth-order valence-electron chi connectivity index (χ4n) is 2.95. The van der Waals surface area contributed by atoms with Crippen LogP contribution in [0.3, 0.4) is 0 Å². The van der Waals surface area contributed by atoms with Crippen LogP contribution in [0.15, 0.2) is 60.8 Å². The van der Waals surface area contributed by atoms with Crippen molar-refractivity contribution in [2.45, 2.75) is 11.9 Å². The highest BCUT2D eigenvalue weighted by molar-refractivity contribution is 7.91. The van der Waals surface area contributed by atoms with E-state index < -0.39 is 21.1 Å². The quantitative estimate of drug-likeness (QED) is 0.482. The molecule has 0 aliphatic rings. The predicted molar refractivity (Wildman–Crippen MR) is 121 cm³/mol. The molecule has 1 aromatic heterocycles. The number of anilines is 1. The zero-order chi connectivity index (χ0) is 23.3. The molecule has 2 aromatic carbocycles. The average Bonchev–Trinajstić information content (AvgIpc) is 2.75. The number of aromatic hydroxyl groups is 1. The van der Waals surface area contributed by atoms with E-state index in [1.54, 1.807) is 24.3 Å². The molecule has 1 heterocycles. The molecule has 3 aromatic rings. The van der Waals surface area contributed by atoms with Gasteiger partial charge in [-0.15, -0.1) is 0 Å². The molecular weight excluding hydrogens is 452 g/mol. The van der Waals surface area contributed by atoms with Gasteiger partial charge in [0.1, 0.15) is 5.75 Å². The third-order valence-electron chi connectivity index (χ3n) is 4.50.